The second kappa shape index (κ2) is 6.91. The van der Waals surface area contributed by atoms with Crippen molar-refractivity contribution >= 4 is 44.3 Å². The summed E-state index contributed by atoms with van der Waals surface area (Å²) >= 11 is 0. The third kappa shape index (κ3) is 3.20. The number of carbonyl (C=O) groups excluding carboxylic acids is 1. The quantitative estimate of drug-likeness (QED) is 0.612. The zero-order valence-electron chi connectivity index (χ0n) is 17.6. The number of carbonyl (C=O) groups is 1. The van der Waals surface area contributed by atoms with Crippen molar-refractivity contribution in [2.75, 3.05) is 40.5 Å². The Balaban J connectivity index is 1.55. The van der Waals surface area contributed by atoms with Gasteiger partial charge in [-0.25, -0.2) is 18.4 Å². The number of fused-ring (bicyclic) bond motifs is 3. The van der Waals surface area contributed by atoms with Gasteiger partial charge in [-0.3, -0.25) is 14.0 Å². The number of nitrogens with zero attached hydrogens (tertiary/aromatic N) is 5. The van der Waals surface area contributed by atoms with Gasteiger partial charge in [0.2, 0.25) is 10.0 Å². The molecule has 0 radical (unpaired) electrons. The topological polar surface area (TPSA) is 86.7 Å². The average molecular weight is 438 g/mol. The summed E-state index contributed by atoms with van der Waals surface area (Å²) < 4.78 is 25.8. The van der Waals surface area contributed by atoms with Crippen molar-refractivity contribution in [2.45, 2.75) is 19.4 Å². The molecule has 0 saturated heterocycles. The molecule has 3 heterocycles. The Morgan fingerprint density at radius 1 is 1.03 bits per heavy atom. The molecule has 1 amide bonds. The van der Waals surface area contributed by atoms with Gasteiger partial charge in [-0.1, -0.05) is 12.1 Å². The lowest BCUT2D eigenvalue weighted by Gasteiger charge is -2.33. The normalized spacial score (nSPS) is 18.3. The molecule has 0 saturated carbocycles. The molecule has 0 unspecified atom stereocenters. The molecule has 0 fully saturated rings. The highest BCUT2D eigenvalue weighted by molar-refractivity contribution is 7.92. The maximum Gasteiger partial charge on any atom is 0.259 e. The summed E-state index contributed by atoms with van der Waals surface area (Å²) in [5.41, 5.74) is 3.56. The van der Waals surface area contributed by atoms with Crippen LogP contribution in [0.2, 0.25) is 0 Å². The van der Waals surface area contributed by atoms with E-state index < -0.39 is 10.0 Å². The van der Waals surface area contributed by atoms with Crippen LogP contribution in [0.3, 0.4) is 0 Å². The third-order valence-electron chi connectivity index (χ3n) is 5.89. The number of rotatable bonds is 2. The van der Waals surface area contributed by atoms with E-state index in [1.165, 1.54) is 10.6 Å². The number of anilines is 3. The van der Waals surface area contributed by atoms with E-state index in [-0.39, 0.29) is 11.9 Å². The van der Waals surface area contributed by atoms with Crippen LogP contribution in [-0.4, -0.2) is 56.7 Å². The lowest BCUT2D eigenvalue weighted by Crippen LogP contribution is -2.43. The zero-order chi connectivity index (χ0) is 21.9. The first-order valence-electron chi connectivity index (χ1n) is 10.2. The maximum absolute atomic E-state index is 13.5. The highest BCUT2D eigenvalue weighted by atomic mass is 32.2. The molecule has 2 aromatic carbocycles. The third-order valence-corrected chi connectivity index (χ3v) is 7.16. The second-order valence-corrected chi connectivity index (χ2v) is 10.1. The number of amides is 1. The number of likely N-dealkylation sites (N-methyl/N-ethyl adjacent to an activating group) is 1. The van der Waals surface area contributed by atoms with E-state index >= 15 is 0 Å². The highest BCUT2D eigenvalue weighted by Gasteiger charge is 2.34. The second-order valence-electron chi connectivity index (χ2n) is 8.19. The molecule has 5 rings (SSSR count). The van der Waals surface area contributed by atoms with Gasteiger partial charge in [0.05, 0.1) is 23.0 Å². The predicted octanol–water partition coefficient (Wildman–Crippen LogP) is 2.44. The molecule has 0 spiro atoms. The Labute approximate surface area is 181 Å². The Morgan fingerprint density at radius 3 is 2.39 bits per heavy atom. The molecule has 2 aliphatic rings. The summed E-state index contributed by atoms with van der Waals surface area (Å²) in [5, 5.41) is 0. The monoisotopic (exact) mass is 437 g/mol. The van der Waals surface area contributed by atoms with E-state index in [9.17, 15) is 13.2 Å². The van der Waals surface area contributed by atoms with Crippen LogP contribution in [0, 0.1) is 0 Å². The fourth-order valence-electron chi connectivity index (χ4n) is 4.48. The fourth-order valence-corrected chi connectivity index (χ4v) is 5.74. The number of aromatic nitrogens is 2. The highest BCUT2D eigenvalue weighted by Crippen LogP contribution is 2.36. The van der Waals surface area contributed by atoms with Crippen LogP contribution < -0.4 is 14.1 Å². The SMILES string of the molecule is C[C@H]1Cc2cc(C(=O)N3CCN(C)c4nc5ccccc5nc43)ccc2N1S(C)(=O)=O. The van der Waals surface area contributed by atoms with E-state index in [1.54, 1.807) is 17.0 Å². The van der Waals surface area contributed by atoms with Gasteiger partial charge in [-0.05, 0) is 49.2 Å². The Morgan fingerprint density at radius 2 is 1.71 bits per heavy atom. The Bertz CT molecular complexity index is 1320. The molecule has 9 heteroatoms. The molecule has 0 bridgehead atoms. The molecule has 0 N–H and O–H groups in total. The first-order valence-corrected chi connectivity index (χ1v) is 12.0. The van der Waals surface area contributed by atoms with Crippen molar-refractivity contribution in [3.63, 3.8) is 0 Å². The van der Waals surface area contributed by atoms with Crippen molar-refractivity contribution in [2.24, 2.45) is 0 Å². The average Bonchev–Trinajstić information content (AvgIpc) is 3.07. The van der Waals surface area contributed by atoms with Crippen LogP contribution in [0.1, 0.15) is 22.8 Å². The summed E-state index contributed by atoms with van der Waals surface area (Å²) in [6.07, 6.45) is 1.79. The van der Waals surface area contributed by atoms with Crippen molar-refractivity contribution in [3.05, 3.63) is 53.6 Å². The molecule has 1 aromatic heterocycles. The van der Waals surface area contributed by atoms with Crippen molar-refractivity contribution in [3.8, 4) is 0 Å². The lowest BCUT2D eigenvalue weighted by molar-refractivity contribution is 0.0986. The summed E-state index contributed by atoms with van der Waals surface area (Å²) in [4.78, 5) is 26.6. The molecule has 0 aliphatic carbocycles. The van der Waals surface area contributed by atoms with E-state index in [2.05, 4.69) is 0 Å². The Hall–Kier alpha value is -3.20. The molecule has 3 aromatic rings. The predicted molar refractivity (Wildman–Crippen MR) is 121 cm³/mol. The summed E-state index contributed by atoms with van der Waals surface area (Å²) in [5.74, 6) is 1.06. The summed E-state index contributed by atoms with van der Waals surface area (Å²) in [6, 6.07) is 12.7. The van der Waals surface area contributed by atoms with Gasteiger partial charge in [-0.2, -0.15) is 0 Å². The van der Waals surface area contributed by atoms with Crippen molar-refractivity contribution in [1.82, 2.24) is 9.97 Å². The van der Waals surface area contributed by atoms with Crippen molar-refractivity contribution < 1.29 is 13.2 Å². The molecule has 31 heavy (non-hydrogen) atoms. The number of benzene rings is 2. The summed E-state index contributed by atoms with van der Waals surface area (Å²) in [7, 11) is -1.43. The molecule has 160 valence electrons. The summed E-state index contributed by atoms with van der Waals surface area (Å²) in [6.45, 7) is 3.02. The smallest absolute Gasteiger partial charge is 0.259 e. The number of hydrogen-bond acceptors (Lipinski definition) is 6. The molecule has 1 atom stereocenters. The van der Waals surface area contributed by atoms with E-state index in [0.717, 1.165) is 16.6 Å². The maximum atomic E-state index is 13.5. The van der Waals surface area contributed by atoms with Crippen LogP contribution >= 0.6 is 0 Å². The lowest BCUT2D eigenvalue weighted by atomic mass is 10.1. The van der Waals surface area contributed by atoms with Crippen molar-refractivity contribution in [1.29, 1.82) is 0 Å². The van der Waals surface area contributed by atoms with E-state index in [4.69, 9.17) is 9.97 Å². The molecule has 8 nitrogen and oxygen atoms in total. The van der Waals surface area contributed by atoms with Gasteiger partial charge in [0.1, 0.15) is 0 Å². The first-order chi connectivity index (χ1) is 14.7. The largest absolute Gasteiger partial charge is 0.355 e. The fraction of sp³-hybridized carbons (Fsp3) is 0.318. The van der Waals surface area contributed by atoms with Gasteiger partial charge in [0, 0.05) is 31.7 Å². The molecular weight excluding hydrogens is 414 g/mol. The van der Waals surface area contributed by atoms with Crippen LogP contribution in [0.25, 0.3) is 11.0 Å². The van der Waals surface area contributed by atoms with E-state index in [0.29, 0.717) is 42.4 Å². The standard InChI is InChI=1S/C22H23N5O3S/c1-14-12-16-13-15(8-9-19(16)27(14)31(3,29)30)22(28)26-11-10-25(2)20-21(26)24-18-7-5-4-6-17(18)23-20/h4-9,13-14H,10-12H2,1-3H3/t14-/m0/s1. The first kappa shape index (κ1) is 19.7. The van der Waals surface area contributed by atoms with Gasteiger partial charge in [0.25, 0.3) is 5.91 Å². The van der Waals surface area contributed by atoms with Crippen LogP contribution in [-0.2, 0) is 16.4 Å². The number of hydrogen-bond donors (Lipinski definition) is 0. The zero-order valence-corrected chi connectivity index (χ0v) is 18.4. The molecular formula is C22H23N5O3S. The molecule has 2 aliphatic heterocycles. The van der Waals surface area contributed by atoms with Gasteiger partial charge >= 0.3 is 0 Å². The minimum absolute atomic E-state index is 0.160. The van der Waals surface area contributed by atoms with Gasteiger partial charge in [0.15, 0.2) is 11.6 Å². The van der Waals surface area contributed by atoms with Gasteiger partial charge < -0.3 is 4.90 Å². The minimum Gasteiger partial charge on any atom is -0.355 e. The Kier molecular flexibility index (Phi) is 4.40. The van der Waals surface area contributed by atoms with Crippen LogP contribution in [0.4, 0.5) is 17.3 Å². The number of para-hydroxylation sites is 2. The number of sulfonamides is 1. The van der Waals surface area contributed by atoms with Crippen LogP contribution in [0.5, 0.6) is 0 Å². The minimum atomic E-state index is -3.37. The van der Waals surface area contributed by atoms with E-state index in [1.807, 2.05) is 49.2 Å². The van der Waals surface area contributed by atoms with Crippen LogP contribution in [0.15, 0.2) is 42.5 Å². The van der Waals surface area contributed by atoms with Gasteiger partial charge in [-0.15, -0.1) is 0 Å².